The van der Waals surface area contributed by atoms with E-state index in [2.05, 4.69) is 16.4 Å². The van der Waals surface area contributed by atoms with Crippen molar-refractivity contribution in [1.29, 1.82) is 0 Å². The molecule has 1 aliphatic heterocycles. The molecule has 1 unspecified atom stereocenters. The Hall–Kier alpha value is -3.35. The van der Waals surface area contributed by atoms with Crippen molar-refractivity contribution in [2.75, 3.05) is 19.7 Å². The number of rotatable bonds is 5. The Morgan fingerprint density at radius 2 is 1.83 bits per heavy atom. The van der Waals surface area contributed by atoms with Crippen LogP contribution in [0.4, 0.5) is 9.18 Å². The number of aromatic amines is 1. The normalized spacial score (nSPS) is 22.0. The van der Waals surface area contributed by atoms with Crippen molar-refractivity contribution >= 4 is 22.9 Å². The number of esters is 1. The lowest BCUT2D eigenvalue weighted by Crippen LogP contribution is -2.47. The largest absolute Gasteiger partial charge is 0.466 e. The molecule has 5 rings (SSSR count). The Kier molecular flexibility index (Phi) is 6.75. The highest BCUT2D eigenvalue weighted by atomic mass is 19.1. The predicted molar refractivity (Wildman–Crippen MR) is 132 cm³/mol. The van der Waals surface area contributed by atoms with Crippen LogP contribution in [-0.2, 0) is 16.0 Å². The molecule has 1 atom stereocenters. The number of amides is 2. The summed E-state index contributed by atoms with van der Waals surface area (Å²) in [6.45, 7) is 3.41. The zero-order valence-corrected chi connectivity index (χ0v) is 20.1. The van der Waals surface area contributed by atoms with Crippen LogP contribution in [0.25, 0.3) is 10.9 Å². The summed E-state index contributed by atoms with van der Waals surface area (Å²) >= 11 is 0. The summed E-state index contributed by atoms with van der Waals surface area (Å²) in [5.41, 5.74) is 4.14. The van der Waals surface area contributed by atoms with E-state index >= 15 is 0 Å². The van der Waals surface area contributed by atoms with Gasteiger partial charge in [-0.15, -0.1) is 0 Å². The maximum Gasteiger partial charge on any atom is 0.318 e. The Labute approximate surface area is 204 Å². The van der Waals surface area contributed by atoms with Crippen molar-refractivity contribution in [3.05, 3.63) is 71.2 Å². The monoisotopic (exact) mass is 477 g/mol. The standard InChI is InChI=1S/C28H32FN3O3/c1-2-35-27(33)20-9-7-18(8-10-20)17-30-28(34)32-16-15-23-22-5-3-4-6-24(22)31-25(23)26(32)19-11-13-21(29)14-12-19/h3-6,11-14,18,20,26,31H,2,7-10,15-17H2,1H3,(H,30,34). The van der Waals surface area contributed by atoms with Gasteiger partial charge in [0, 0.05) is 29.7 Å². The van der Waals surface area contributed by atoms with Gasteiger partial charge in [0.05, 0.1) is 18.6 Å². The number of fused-ring (bicyclic) bond motifs is 3. The van der Waals surface area contributed by atoms with Crippen LogP contribution in [0, 0.1) is 17.7 Å². The molecular weight excluding hydrogens is 445 g/mol. The smallest absolute Gasteiger partial charge is 0.318 e. The highest BCUT2D eigenvalue weighted by Crippen LogP contribution is 2.38. The van der Waals surface area contributed by atoms with E-state index < -0.39 is 0 Å². The number of hydrogen-bond donors (Lipinski definition) is 2. The summed E-state index contributed by atoms with van der Waals surface area (Å²) in [5.74, 6) is -0.0648. The number of ether oxygens (including phenoxy) is 1. The van der Waals surface area contributed by atoms with E-state index in [4.69, 9.17) is 4.74 Å². The Morgan fingerprint density at radius 3 is 2.57 bits per heavy atom. The number of halogens is 1. The van der Waals surface area contributed by atoms with Gasteiger partial charge < -0.3 is 19.9 Å². The molecular formula is C28H32FN3O3. The predicted octanol–water partition coefficient (Wildman–Crippen LogP) is 5.33. The van der Waals surface area contributed by atoms with Gasteiger partial charge in [-0.05, 0) is 74.3 Å². The average molecular weight is 478 g/mol. The molecule has 1 saturated carbocycles. The first-order valence-corrected chi connectivity index (χ1v) is 12.6. The molecule has 0 bridgehead atoms. The van der Waals surface area contributed by atoms with Crippen LogP contribution in [0.15, 0.2) is 48.5 Å². The average Bonchev–Trinajstić information content (AvgIpc) is 3.26. The number of nitrogens with zero attached hydrogens (tertiary/aromatic N) is 1. The first-order chi connectivity index (χ1) is 17.0. The van der Waals surface area contributed by atoms with Crippen molar-refractivity contribution in [3.8, 4) is 0 Å². The first kappa shape index (κ1) is 23.4. The fraction of sp³-hybridized carbons (Fsp3) is 0.429. The number of H-pyrrole nitrogens is 1. The van der Waals surface area contributed by atoms with E-state index in [-0.39, 0.29) is 29.8 Å². The quantitative estimate of drug-likeness (QED) is 0.488. The number of urea groups is 1. The molecule has 0 radical (unpaired) electrons. The van der Waals surface area contributed by atoms with Crippen LogP contribution in [0.2, 0.25) is 0 Å². The molecule has 1 aliphatic carbocycles. The second kappa shape index (κ2) is 10.1. The Balaban J connectivity index is 1.31. The zero-order valence-electron chi connectivity index (χ0n) is 20.1. The van der Waals surface area contributed by atoms with Gasteiger partial charge in [0.15, 0.2) is 0 Å². The molecule has 1 aromatic heterocycles. The van der Waals surface area contributed by atoms with E-state index in [9.17, 15) is 14.0 Å². The maximum absolute atomic E-state index is 13.7. The third-order valence-corrected chi connectivity index (χ3v) is 7.49. The molecule has 1 fully saturated rings. The number of nitrogens with one attached hydrogen (secondary N) is 2. The van der Waals surface area contributed by atoms with Gasteiger partial charge in [-0.25, -0.2) is 9.18 Å². The molecule has 2 heterocycles. The fourth-order valence-corrected chi connectivity index (χ4v) is 5.65. The van der Waals surface area contributed by atoms with Gasteiger partial charge in [0.2, 0.25) is 0 Å². The van der Waals surface area contributed by atoms with E-state index in [0.717, 1.165) is 48.9 Å². The number of hydrogen-bond acceptors (Lipinski definition) is 3. The lowest BCUT2D eigenvalue weighted by molar-refractivity contribution is -0.149. The summed E-state index contributed by atoms with van der Waals surface area (Å²) in [7, 11) is 0. The van der Waals surface area contributed by atoms with Gasteiger partial charge in [-0.2, -0.15) is 0 Å². The summed E-state index contributed by atoms with van der Waals surface area (Å²) in [4.78, 5) is 30.8. The molecule has 7 heteroatoms. The number of para-hydroxylation sites is 1. The lowest BCUT2D eigenvalue weighted by atomic mass is 9.82. The molecule has 2 aromatic carbocycles. The van der Waals surface area contributed by atoms with Crippen LogP contribution in [0.3, 0.4) is 0 Å². The summed E-state index contributed by atoms with van der Waals surface area (Å²) in [6, 6.07) is 14.2. The van der Waals surface area contributed by atoms with Gasteiger partial charge >= 0.3 is 12.0 Å². The summed E-state index contributed by atoms with van der Waals surface area (Å²) in [6.07, 6.45) is 4.17. The number of carbonyl (C=O) groups excluding carboxylic acids is 2. The highest BCUT2D eigenvalue weighted by molar-refractivity contribution is 5.86. The van der Waals surface area contributed by atoms with Crippen molar-refractivity contribution in [1.82, 2.24) is 15.2 Å². The summed E-state index contributed by atoms with van der Waals surface area (Å²) < 4.78 is 18.9. The van der Waals surface area contributed by atoms with Crippen molar-refractivity contribution in [2.24, 2.45) is 11.8 Å². The van der Waals surface area contributed by atoms with Gasteiger partial charge in [-0.1, -0.05) is 30.3 Å². The second-order valence-corrected chi connectivity index (χ2v) is 9.62. The number of benzene rings is 2. The van der Waals surface area contributed by atoms with E-state index in [1.165, 1.54) is 23.1 Å². The second-order valence-electron chi connectivity index (χ2n) is 9.62. The molecule has 2 N–H and O–H groups in total. The maximum atomic E-state index is 13.7. The third kappa shape index (κ3) is 4.77. The minimum atomic E-state index is -0.314. The van der Waals surface area contributed by atoms with Crippen LogP contribution < -0.4 is 5.32 Å². The fourth-order valence-electron chi connectivity index (χ4n) is 5.65. The minimum Gasteiger partial charge on any atom is -0.466 e. The van der Waals surface area contributed by atoms with Gasteiger partial charge in [-0.3, -0.25) is 4.79 Å². The Morgan fingerprint density at radius 1 is 1.09 bits per heavy atom. The molecule has 6 nitrogen and oxygen atoms in total. The van der Waals surface area contributed by atoms with Crippen LogP contribution >= 0.6 is 0 Å². The van der Waals surface area contributed by atoms with E-state index in [1.54, 1.807) is 12.1 Å². The Bertz CT molecular complexity index is 1200. The lowest BCUT2D eigenvalue weighted by Gasteiger charge is -2.37. The van der Waals surface area contributed by atoms with Crippen molar-refractivity contribution < 1.29 is 18.7 Å². The molecule has 2 amide bonds. The SMILES string of the molecule is CCOC(=O)C1CCC(CNC(=O)N2CCc3c([nH]c4ccccc34)C2c2ccc(F)cc2)CC1. The summed E-state index contributed by atoms with van der Waals surface area (Å²) in [5, 5.41) is 4.32. The molecule has 35 heavy (non-hydrogen) atoms. The van der Waals surface area contributed by atoms with Crippen molar-refractivity contribution in [2.45, 2.75) is 45.1 Å². The van der Waals surface area contributed by atoms with E-state index in [1.807, 2.05) is 30.0 Å². The number of aromatic nitrogens is 1. The van der Waals surface area contributed by atoms with Gasteiger partial charge in [0.1, 0.15) is 5.82 Å². The molecule has 184 valence electrons. The van der Waals surface area contributed by atoms with Crippen LogP contribution in [-0.4, -0.2) is 41.6 Å². The third-order valence-electron chi connectivity index (χ3n) is 7.49. The zero-order chi connectivity index (χ0) is 24.4. The first-order valence-electron chi connectivity index (χ1n) is 12.6. The van der Waals surface area contributed by atoms with Crippen molar-refractivity contribution in [3.63, 3.8) is 0 Å². The highest BCUT2D eigenvalue weighted by Gasteiger charge is 2.35. The van der Waals surface area contributed by atoms with Gasteiger partial charge in [0.25, 0.3) is 0 Å². The molecule has 0 spiro atoms. The topological polar surface area (TPSA) is 74.4 Å². The van der Waals surface area contributed by atoms with Crippen LogP contribution in [0.1, 0.15) is 55.5 Å². The minimum absolute atomic E-state index is 0.0210. The number of carbonyl (C=O) groups is 2. The molecule has 3 aromatic rings. The van der Waals surface area contributed by atoms with Crippen LogP contribution in [0.5, 0.6) is 0 Å². The van der Waals surface area contributed by atoms with E-state index in [0.29, 0.717) is 25.6 Å². The molecule has 0 saturated heterocycles. The molecule has 2 aliphatic rings.